The molecule has 5 nitrogen and oxygen atoms in total. The van der Waals surface area contributed by atoms with Crippen LogP contribution in [0.25, 0.3) is 0 Å². The molecule has 2 rings (SSSR count). The van der Waals surface area contributed by atoms with E-state index in [2.05, 4.69) is 10.3 Å². The number of aryl methyl sites for hydroxylation is 1. The van der Waals surface area contributed by atoms with E-state index in [0.717, 1.165) is 17.2 Å². The maximum Gasteiger partial charge on any atom is 0.313 e. The molecule has 1 aromatic heterocycles. The van der Waals surface area contributed by atoms with Crippen LogP contribution in [0.4, 0.5) is 5.13 Å². The summed E-state index contributed by atoms with van der Waals surface area (Å²) in [7, 11) is 0. The van der Waals surface area contributed by atoms with Crippen LogP contribution >= 0.6 is 11.3 Å². The number of carboxylic acids is 1. The molecule has 1 aromatic rings. The van der Waals surface area contributed by atoms with Gasteiger partial charge in [0.2, 0.25) is 0 Å². The van der Waals surface area contributed by atoms with Crippen LogP contribution in [0, 0.1) is 5.41 Å². The lowest BCUT2D eigenvalue weighted by molar-refractivity contribution is -0.148. The summed E-state index contributed by atoms with van der Waals surface area (Å²) < 4.78 is 5.27. The van der Waals surface area contributed by atoms with Gasteiger partial charge in [0, 0.05) is 5.38 Å². The number of carbonyl (C=O) groups is 1. The zero-order valence-corrected chi connectivity index (χ0v) is 10.7. The van der Waals surface area contributed by atoms with E-state index in [1.807, 2.05) is 12.3 Å². The zero-order valence-electron chi connectivity index (χ0n) is 9.90. The maximum absolute atomic E-state index is 11.2. The lowest BCUT2D eigenvalue weighted by atomic mass is 9.85. The third-order valence-electron chi connectivity index (χ3n) is 3.16. The number of hydrogen-bond acceptors (Lipinski definition) is 5. The van der Waals surface area contributed by atoms with Crippen LogP contribution in [0.3, 0.4) is 0 Å². The first kappa shape index (κ1) is 12.3. The Hall–Kier alpha value is -1.14. The SMILES string of the molecule is CCc1csc(NC2COCC2(C)C(=O)O)n1. The maximum atomic E-state index is 11.2. The fraction of sp³-hybridized carbons (Fsp3) is 0.636. The Morgan fingerprint density at radius 3 is 3.18 bits per heavy atom. The number of aliphatic carboxylic acids is 1. The van der Waals surface area contributed by atoms with Crippen molar-refractivity contribution >= 4 is 22.4 Å². The molecule has 0 spiro atoms. The largest absolute Gasteiger partial charge is 0.481 e. The van der Waals surface area contributed by atoms with Gasteiger partial charge in [0.15, 0.2) is 5.13 Å². The third kappa shape index (κ3) is 2.28. The minimum absolute atomic E-state index is 0.226. The summed E-state index contributed by atoms with van der Waals surface area (Å²) in [5, 5.41) is 15.2. The van der Waals surface area contributed by atoms with Crippen molar-refractivity contribution in [1.29, 1.82) is 0 Å². The smallest absolute Gasteiger partial charge is 0.313 e. The van der Waals surface area contributed by atoms with Crippen molar-refractivity contribution in [2.45, 2.75) is 26.3 Å². The van der Waals surface area contributed by atoms with Gasteiger partial charge in [0.1, 0.15) is 5.41 Å². The number of anilines is 1. The van der Waals surface area contributed by atoms with Crippen molar-refractivity contribution in [1.82, 2.24) is 4.98 Å². The summed E-state index contributed by atoms with van der Waals surface area (Å²) in [6, 6.07) is -0.226. The fourth-order valence-corrected chi connectivity index (χ4v) is 2.62. The monoisotopic (exact) mass is 256 g/mol. The fourth-order valence-electron chi connectivity index (χ4n) is 1.77. The minimum Gasteiger partial charge on any atom is -0.481 e. The average Bonchev–Trinajstić information content (AvgIpc) is 2.88. The number of rotatable bonds is 4. The number of ether oxygens (including phenoxy) is 1. The Balaban J connectivity index is 2.10. The van der Waals surface area contributed by atoms with E-state index in [1.54, 1.807) is 6.92 Å². The summed E-state index contributed by atoms with van der Waals surface area (Å²) in [5.74, 6) is -0.834. The van der Waals surface area contributed by atoms with E-state index < -0.39 is 11.4 Å². The molecule has 0 bridgehead atoms. The van der Waals surface area contributed by atoms with E-state index in [4.69, 9.17) is 4.74 Å². The predicted octanol–water partition coefficient (Wildman–Crippen LogP) is 1.61. The van der Waals surface area contributed by atoms with Crippen molar-refractivity contribution in [2.24, 2.45) is 5.41 Å². The Bertz CT molecular complexity index is 421. The van der Waals surface area contributed by atoms with Gasteiger partial charge in [-0.25, -0.2) is 4.98 Å². The second-order valence-electron chi connectivity index (χ2n) is 4.43. The molecule has 1 fully saturated rings. The molecule has 0 saturated carbocycles. The van der Waals surface area contributed by atoms with Crippen LogP contribution in [0.2, 0.25) is 0 Å². The molecule has 17 heavy (non-hydrogen) atoms. The topological polar surface area (TPSA) is 71.5 Å². The van der Waals surface area contributed by atoms with Crippen molar-refractivity contribution in [2.75, 3.05) is 18.5 Å². The molecule has 2 atom stereocenters. The van der Waals surface area contributed by atoms with E-state index in [0.29, 0.717) is 6.61 Å². The molecule has 2 unspecified atom stereocenters. The second-order valence-corrected chi connectivity index (χ2v) is 5.29. The lowest BCUT2D eigenvalue weighted by Crippen LogP contribution is -2.43. The molecule has 1 saturated heterocycles. The van der Waals surface area contributed by atoms with Gasteiger partial charge >= 0.3 is 5.97 Å². The van der Waals surface area contributed by atoms with Crippen molar-refractivity contribution in [3.63, 3.8) is 0 Å². The number of hydrogen-bond donors (Lipinski definition) is 2. The Labute approximate surface area is 104 Å². The van der Waals surface area contributed by atoms with Crippen molar-refractivity contribution in [3.8, 4) is 0 Å². The highest BCUT2D eigenvalue weighted by Gasteiger charge is 2.46. The van der Waals surface area contributed by atoms with Gasteiger partial charge in [-0.05, 0) is 13.3 Å². The van der Waals surface area contributed by atoms with Crippen molar-refractivity contribution in [3.05, 3.63) is 11.1 Å². The van der Waals surface area contributed by atoms with Gasteiger partial charge in [-0.1, -0.05) is 6.92 Å². The first-order valence-electron chi connectivity index (χ1n) is 5.58. The van der Waals surface area contributed by atoms with Gasteiger partial charge in [0.05, 0.1) is 24.9 Å². The summed E-state index contributed by atoms with van der Waals surface area (Å²) in [4.78, 5) is 15.6. The van der Waals surface area contributed by atoms with Crippen molar-refractivity contribution < 1.29 is 14.6 Å². The molecule has 2 N–H and O–H groups in total. The molecule has 0 aliphatic carbocycles. The highest BCUT2D eigenvalue weighted by molar-refractivity contribution is 7.13. The van der Waals surface area contributed by atoms with Crippen LogP contribution in [0.5, 0.6) is 0 Å². The molecule has 1 aliphatic rings. The highest BCUT2D eigenvalue weighted by atomic mass is 32.1. The van der Waals surface area contributed by atoms with Gasteiger partial charge in [-0.15, -0.1) is 11.3 Å². The lowest BCUT2D eigenvalue weighted by Gasteiger charge is -2.25. The molecule has 0 aromatic carbocycles. The molecule has 94 valence electrons. The van der Waals surface area contributed by atoms with Crippen LogP contribution in [-0.4, -0.2) is 35.3 Å². The summed E-state index contributed by atoms with van der Waals surface area (Å²) in [6.07, 6.45) is 0.884. The standard InChI is InChI=1S/C11H16N2O3S/c1-3-7-5-17-10(12-7)13-8-4-16-6-11(8,2)9(14)15/h5,8H,3-4,6H2,1-2H3,(H,12,13)(H,14,15). The van der Waals surface area contributed by atoms with Gasteiger partial charge in [0.25, 0.3) is 0 Å². The first-order valence-corrected chi connectivity index (χ1v) is 6.46. The second kappa shape index (κ2) is 4.62. The summed E-state index contributed by atoms with van der Waals surface area (Å²) >= 11 is 1.50. The van der Waals surface area contributed by atoms with Crippen LogP contribution < -0.4 is 5.32 Å². The van der Waals surface area contributed by atoms with Crippen LogP contribution in [0.15, 0.2) is 5.38 Å². The third-order valence-corrected chi connectivity index (χ3v) is 3.98. The molecule has 0 radical (unpaired) electrons. The Morgan fingerprint density at radius 2 is 2.59 bits per heavy atom. The molecular weight excluding hydrogens is 240 g/mol. The Kier molecular flexibility index (Phi) is 3.35. The summed E-state index contributed by atoms with van der Waals surface area (Å²) in [6.45, 7) is 4.39. The van der Waals surface area contributed by atoms with Gasteiger partial charge in [-0.3, -0.25) is 4.79 Å². The van der Waals surface area contributed by atoms with Gasteiger partial charge in [-0.2, -0.15) is 0 Å². The number of thiazole rings is 1. The highest BCUT2D eigenvalue weighted by Crippen LogP contribution is 2.32. The Morgan fingerprint density at radius 1 is 1.82 bits per heavy atom. The minimum atomic E-state index is -0.877. The zero-order chi connectivity index (χ0) is 12.5. The first-order chi connectivity index (χ1) is 8.06. The number of nitrogens with one attached hydrogen (secondary N) is 1. The molecule has 1 aliphatic heterocycles. The average molecular weight is 256 g/mol. The van der Waals surface area contributed by atoms with Crippen LogP contribution in [0.1, 0.15) is 19.5 Å². The molecule has 2 heterocycles. The van der Waals surface area contributed by atoms with E-state index in [1.165, 1.54) is 11.3 Å². The number of nitrogens with zero attached hydrogens (tertiary/aromatic N) is 1. The number of carboxylic acid groups (broad SMARTS) is 1. The normalized spacial score (nSPS) is 28.2. The number of aromatic nitrogens is 1. The van der Waals surface area contributed by atoms with Gasteiger partial charge < -0.3 is 15.2 Å². The van der Waals surface area contributed by atoms with E-state index in [-0.39, 0.29) is 12.6 Å². The van der Waals surface area contributed by atoms with E-state index >= 15 is 0 Å². The molecule has 0 amide bonds. The van der Waals surface area contributed by atoms with Crippen LogP contribution in [-0.2, 0) is 16.0 Å². The molecular formula is C11H16N2O3S. The molecule has 6 heteroatoms. The summed E-state index contributed by atoms with van der Waals surface area (Å²) in [5.41, 5.74) is 0.145. The van der Waals surface area contributed by atoms with E-state index in [9.17, 15) is 9.90 Å². The quantitative estimate of drug-likeness (QED) is 0.856. The predicted molar refractivity (Wildman–Crippen MR) is 65.5 cm³/mol.